The lowest BCUT2D eigenvalue weighted by Crippen LogP contribution is -2.38. The minimum Gasteiger partial charge on any atom is -0.427 e. The third-order valence-corrected chi connectivity index (χ3v) is 4.12. The number of nitro benzene ring substituents is 1. The summed E-state index contributed by atoms with van der Waals surface area (Å²) in [4.78, 5) is 12.3. The molecule has 1 aliphatic carbocycles. The summed E-state index contributed by atoms with van der Waals surface area (Å²) < 4.78 is 29.1. The van der Waals surface area contributed by atoms with Crippen molar-refractivity contribution in [2.45, 2.75) is 44.4 Å². The lowest BCUT2D eigenvalue weighted by Gasteiger charge is -2.34. The van der Waals surface area contributed by atoms with E-state index in [9.17, 15) is 18.9 Å². The van der Waals surface area contributed by atoms with Gasteiger partial charge >= 0.3 is 12.3 Å². The molecule has 8 heteroatoms. The maximum atomic E-state index is 12.4. The molecular formula is C15H21F2N3O3. The highest BCUT2D eigenvalue weighted by atomic mass is 19.3. The molecule has 0 unspecified atom stereocenters. The number of nitrogens with zero attached hydrogens (tertiary/aromatic N) is 2. The molecule has 1 N–H and O–H groups in total. The fourth-order valence-corrected chi connectivity index (χ4v) is 2.94. The van der Waals surface area contributed by atoms with E-state index in [2.05, 4.69) is 15.0 Å². The van der Waals surface area contributed by atoms with Crippen LogP contribution in [0.1, 0.15) is 25.7 Å². The monoisotopic (exact) mass is 329 g/mol. The van der Waals surface area contributed by atoms with Gasteiger partial charge in [0, 0.05) is 29.9 Å². The third kappa shape index (κ3) is 4.75. The molecule has 2 rings (SSSR count). The van der Waals surface area contributed by atoms with Crippen molar-refractivity contribution in [1.29, 1.82) is 0 Å². The Morgan fingerprint density at radius 3 is 2.74 bits per heavy atom. The molecule has 1 aliphatic rings. The van der Waals surface area contributed by atoms with Crippen LogP contribution in [0, 0.1) is 10.1 Å². The van der Waals surface area contributed by atoms with Gasteiger partial charge in [-0.25, -0.2) is 0 Å². The van der Waals surface area contributed by atoms with Gasteiger partial charge in [0.25, 0.3) is 0 Å². The Labute approximate surface area is 133 Å². The van der Waals surface area contributed by atoms with Gasteiger partial charge in [-0.05, 0) is 45.8 Å². The van der Waals surface area contributed by atoms with Crippen molar-refractivity contribution in [3.05, 3.63) is 28.3 Å². The molecule has 23 heavy (non-hydrogen) atoms. The smallest absolute Gasteiger partial charge is 0.387 e. The molecule has 0 aliphatic heterocycles. The predicted molar refractivity (Wildman–Crippen MR) is 83.1 cm³/mol. The largest absolute Gasteiger partial charge is 0.427 e. The zero-order valence-corrected chi connectivity index (χ0v) is 13.2. The van der Waals surface area contributed by atoms with E-state index in [0.29, 0.717) is 11.7 Å². The normalized spacial score (nSPS) is 21.5. The number of ether oxygens (including phenoxy) is 1. The minimum absolute atomic E-state index is 0.206. The van der Waals surface area contributed by atoms with E-state index in [1.54, 1.807) is 0 Å². The Balaban J connectivity index is 2.12. The van der Waals surface area contributed by atoms with Crippen LogP contribution in [0.3, 0.4) is 0 Å². The number of nitro groups is 1. The maximum absolute atomic E-state index is 12.4. The summed E-state index contributed by atoms with van der Waals surface area (Å²) in [7, 11) is 4.07. The van der Waals surface area contributed by atoms with E-state index < -0.39 is 23.0 Å². The molecule has 0 spiro atoms. The van der Waals surface area contributed by atoms with Gasteiger partial charge in [-0.1, -0.05) is 0 Å². The van der Waals surface area contributed by atoms with Crippen LogP contribution in [-0.4, -0.2) is 42.6 Å². The van der Waals surface area contributed by atoms with Crippen molar-refractivity contribution in [2.75, 3.05) is 19.4 Å². The number of hydrogen-bond acceptors (Lipinski definition) is 5. The summed E-state index contributed by atoms with van der Waals surface area (Å²) in [5, 5.41) is 14.1. The Hall–Kier alpha value is -1.96. The maximum Gasteiger partial charge on any atom is 0.387 e. The molecule has 128 valence electrons. The van der Waals surface area contributed by atoms with E-state index in [-0.39, 0.29) is 6.04 Å². The molecule has 1 fully saturated rings. The highest BCUT2D eigenvalue weighted by molar-refractivity contribution is 5.58. The minimum atomic E-state index is -3.10. The van der Waals surface area contributed by atoms with Gasteiger partial charge in [-0.15, -0.1) is 0 Å². The standard InChI is InChI=1S/C15H21F2N3O3/c1-19(2)12-5-3-4-10(8-12)18-11-6-7-13(20(21)22)14(9-11)23-15(16)17/h6-7,9-10,12,15,18H,3-5,8H2,1-2H3/t10-,12-/m0/s1. The van der Waals surface area contributed by atoms with Crippen LogP contribution in [-0.2, 0) is 0 Å². The van der Waals surface area contributed by atoms with Crippen molar-refractivity contribution in [2.24, 2.45) is 0 Å². The van der Waals surface area contributed by atoms with Gasteiger partial charge in [-0.2, -0.15) is 8.78 Å². The highest BCUT2D eigenvalue weighted by Crippen LogP contribution is 2.33. The number of alkyl halides is 2. The van der Waals surface area contributed by atoms with Gasteiger partial charge in [0.05, 0.1) is 4.92 Å². The molecule has 0 radical (unpaired) electrons. The van der Waals surface area contributed by atoms with Gasteiger partial charge < -0.3 is 15.0 Å². The zero-order chi connectivity index (χ0) is 17.0. The Morgan fingerprint density at radius 2 is 2.13 bits per heavy atom. The quantitative estimate of drug-likeness (QED) is 0.639. The van der Waals surface area contributed by atoms with Crippen LogP contribution in [0.5, 0.6) is 5.75 Å². The van der Waals surface area contributed by atoms with Crippen LogP contribution in [0.25, 0.3) is 0 Å². The second kappa shape index (κ2) is 7.54. The first kappa shape index (κ1) is 17.4. The Morgan fingerprint density at radius 1 is 1.39 bits per heavy atom. The van der Waals surface area contributed by atoms with Crippen molar-refractivity contribution in [1.82, 2.24) is 4.90 Å². The topological polar surface area (TPSA) is 67.6 Å². The van der Waals surface area contributed by atoms with Crippen molar-refractivity contribution in [3.63, 3.8) is 0 Å². The number of anilines is 1. The summed E-state index contributed by atoms with van der Waals surface area (Å²) in [6.45, 7) is -3.10. The average molecular weight is 329 g/mol. The molecule has 1 saturated carbocycles. The summed E-state index contributed by atoms with van der Waals surface area (Å²) >= 11 is 0. The summed E-state index contributed by atoms with van der Waals surface area (Å²) in [6, 6.07) is 4.65. The Bertz CT molecular complexity index is 555. The number of nitrogens with one attached hydrogen (secondary N) is 1. The summed E-state index contributed by atoms with van der Waals surface area (Å²) in [6.07, 6.45) is 4.13. The molecule has 0 heterocycles. The fourth-order valence-electron chi connectivity index (χ4n) is 2.94. The van der Waals surface area contributed by atoms with Crippen molar-refractivity contribution >= 4 is 11.4 Å². The SMILES string of the molecule is CN(C)[C@H]1CCC[C@H](Nc2ccc([N+](=O)[O-])c(OC(F)F)c2)C1. The van der Waals surface area contributed by atoms with Crippen LogP contribution in [0.4, 0.5) is 20.2 Å². The first-order valence-electron chi connectivity index (χ1n) is 7.53. The molecule has 1 aromatic carbocycles. The van der Waals surface area contributed by atoms with E-state index in [4.69, 9.17) is 0 Å². The van der Waals surface area contributed by atoms with Gasteiger partial charge in [0.15, 0.2) is 0 Å². The number of rotatable bonds is 6. The third-order valence-electron chi connectivity index (χ3n) is 4.12. The van der Waals surface area contributed by atoms with Crippen molar-refractivity contribution < 1.29 is 18.4 Å². The van der Waals surface area contributed by atoms with E-state index in [1.165, 1.54) is 18.2 Å². The molecule has 0 bridgehead atoms. The number of halogens is 2. The van der Waals surface area contributed by atoms with Crippen molar-refractivity contribution in [3.8, 4) is 5.75 Å². The van der Waals surface area contributed by atoms with Crippen LogP contribution in [0.15, 0.2) is 18.2 Å². The number of hydrogen-bond donors (Lipinski definition) is 1. The van der Waals surface area contributed by atoms with Gasteiger partial charge in [0.1, 0.15) is 0 Å². The highest BCUT2D eigenvalue weighted by Gasteiger charge is 2.24. The van der Waals surface area contributed by atoms with Gasteiger partial charge in [-0.3, -0.25) is 10.1 Å². The average Bonchev–Trinajstić information content (AvgIpc) is 2.46. The number of benzene rings is 1. The first-order valence-corrected chi connectivity index (χ1v) is 7.53. The molecule has 6 nitrogen and oxygen atoms in total. The van der Waals surface area contributed by atoms with E-state index in [1.807, 2.05) is 14.1 Å². The fraction of sp³-hybridized carbons (Fsp3) is 0.600. The second-order valence-corrected chi connectivity index (χ2v) is 5.94. The summed E-state index contributed by atoms with van der Waals surface area (Å²) in [5.41, 5.74) is 0.0846. The molecule has 2 atom stereocenters. The van der Waals surface area contributed by atoms with Crippen LogP contribution < -0.4 is 10.1 Å². The predicted octanol–water partition coefficient (Wildman–Crippen LogP) is 3.48. The molecule has 0 aromatic heterocycles. The van der Waals surface area contributed by atoms with Crippen LogP contribution in [0.2, 0.25) is 0 Å². The van der Waals surface area contributed by atoms with E-state index in [0.717, 1.165) is 25.7 Å². The first-order chi connectivity index (χ1) is 10.9. The van der Waals surface area contributed by atoms with Gasteiger partial charge in [0.2, 0.25) is 5.75 Å². The van der Waals surface area contributed by atoms with E-state index >= 15 is 0 Å². The molecule has 1 aromatic rings. The molecule has 0 saturated heterocycles. The zero-order valence-electron chi connectivity index (χ0n) is 13.2. The lowest BCUT2D eigenvalue weighted by atomic mass is 9.90. The Kier molecular flexibility index (Phi) is 5.70. The van der Waals surface area contributed by atoms with Crippen LogP contribution >= 0.6 is 0 Å². The summed E-state index contributed by atoms with van der Waals surface area (Å²) in [5.74, 6) is -0.421. The molecular weight excluding hydrogens is 308 g/mol. The lowest BCUT2D eigenvalue weighted by molar-refractivity contribution is -0.386. The second-order valence-electron chi connectivity index (χ2n) is 5.94. The molecule has 0 amide bonds.